The molecule has 0 spiro atoms. The van der Waals surface area contributed by atoms with Gasteiger partial charge in [-0.05, 0) is 6.42 Å². The first kappa shape index (κ1) is 23.1. The van der Waals surface area contributed by atoms with Gasteiger partial charge >= 0.3 is 24.8 Å². The predicted molar refractivity (Wildman–Crippen MR) is 74.6 cm³/mol. The largest absolute Gasteiger partial charge is 1.00 e. The summed E-state index contributed by atoms with van der Waals surface area (Å²) in [5.74, 6) is -0.831. The van der Waals surface area contributed by atoms with E-state index in [1.165, 1.54) is 0 Å². The molecule has 1 atom stereocenters. The van der Waals surface area contributed by atoms with Crippen LogP contribution in [0.1, 0.15) is 67.2 Å². The van der Waals surface area contributed by atoms with Crippen LogP contribution in [-0.2, 0) is 4.79 Å². The molecule has 0 aliphatic rings. The van der Waals surface area contributed by atoms with Crippen LogP contribution in [0.3, 0.4) is 0 Å². The second-order valence-electron chi connectivity index (χ2n) is 5.07. The molecule has 0 aliphatic carbocycles. The maximum atomic E-state index is 10.3. The monoisotopic (exact) mass is 251 g/mol. The molecule has 0 rings (SSSR count). The molecule has 0 aromatic carbocycles. The molecule has 0 fully saturated rings. The van der Waals surface area contributed by atoms with E-state index in [0.29, 0.717) is 12.1 Å². The summed E-state index contributed by atoms with van der Waals surface area (Å²) in [6, 6.07) is 1.000. The van der Waals surface area contributed by atoms with Gasteiger partial charge in [0.05, 0.1) is 5.92 Å². The maximum absolute atomic E-state index is 10.3. The van der Waals surface area contributed by atoms with Gasteiger partial charge in [-0.3, -0.25) is 4.79 Å². The van der Waals surface area contributed by atoms with Gasteiger partial charge in [0.25, 0.3) is 0 Å². The molecule has 0 radical (unpaired) electrons. The van der Waals surface area contributed by atoms with Crippen molar-refractivity contribution >= 4 is 5.97 Å². The Labute approximate surface area is 125 Å². The predicted octanol–water partition coefficient (Wildman–Crippen LogP) is 1.47. The average Bonchev–Trinajstić information content (AvgIpc) is 2.16. The van der Waals surface area contributed by atoms with E-state index in [1.54, 1.807) is 6.92 Å². The number of carboxylic acid groups (broad SMARTS) is 1. The summed E-state index contributed by atoms with van der Waals surface area (Å²) in [7, 11) is 0. The van der Waals surface area contributed by atoms with Gasteiger partial charge in [0, 0.05) is 0 Å². The number of carbonyl (C=O) groups is 1. The minimum absolute atomic E-state index is 0. The Bertz CT molecular complexity index is 179. The van der Waals surface area contributed by atoms with Crippen LogP contribution in [0.2, 0.25) is 0 Å². The third-order valence-electron chi connectivity index (χ3n) is 2.26. The fraction of sp³-hybridized carbons (Fsp3) is 0.929. The van der Waals surface area contributed by atoms with Crippen molar-refractivity contribution in [1.82, 2.24) is 0 Å². The fourth-order valence-electron chi connectivity index (χ4n) is 1.42. The number of unbranched alkanes of at least 4 members (excludes halogenated alkanes) is 2. The zero-order chi connectivity index (χ0) is 13.8. The summed E-state index contributed by atoms with van der Waals surface area (Å²) in [6.45, 7) is 12.3. The minimum Gasteiger partial charge on any atom is -0.658 e. The van der Waals surface area contributed by atoms with Crippen molar-refractivity contribution < 1.29 is 28.8 Å². The van der Waals surface area contributed by atoms with E-state index in [9.17, 15) is 4.79 Å². The zero-order valence-electron chi connectivity index (χ0n) is 13.4. The van der Waals surface area contributed by atoms with Crippen molar-refractivity contribution in [2.45, 2.75) is 79.3 Å². The number of carboxylic acids is 1. The molecule has 3 nitrogen and oxygen atoms in total. The van der Waals surface area contributed by atoms with Gasteiger partial charge in [0.15, 0.2) is 0 Å². The van der Waals surface area contributed by atoms with Crippen molar-refractivity contribution in [1.29, 1.82) is 0 Å². The molecule has 0 aromatic rings. The first-order chi connectivity index (χ1) is 7.81. The molecule has 0 saturated heterocycles. The standard InChI is InChI=1S/C8H16O2.C6H14N.Li/c1-3-4-5-6-7(2)8(9)10;1-5(2)7-6(3)4;/h7H,3-6H2,1-2H3,(H,9,10);5-6H,1-4H3;/q;-1;+1. The van der Waals surface area contributed by atoms with Crippen LogP contribution in [0.4, 0.5) is 0 Å². The van der Waals surface area contributed by atoms with Gasteiger partial charge in [-0.25, -0.2) is 0 Å². The Hall–Kier alpha value is 0.0274. The van der Waals surface area contributed by atoms with Gasteiger partial charge in [0.2, 0.25) is 0 Å². The molecule has 18 heavy (non-hydrogen) atoms. The number of hydrogen-bond donors (Lipinski definition) is 1. The van der Waals surface area contributed by atoms with E-state index < -0.39 is 5.97 Å². The summed E-state index contributed by atoms with van der Waals surface area (Å²) in [5.41, 5.74) is 0. The summed E-state index contributed by atoms with van der Waals surface area (Å²) in [4.78, 5) is 10.3. The summed E-state index contributed by atoms with van der Waals surface area (Å²) in [6.07, 6.45) is 4.18. The molecule has 1 unspecified atom stereocenters. The second-order valence-corrected chi connectivity index (χ2v) is 5.07. The van der Waals surface area contributed by atoms with E-state index in [1.807, 2.05) is 0 Å². The number of aliphatic carboxylic acids is 1. The van der Waals surface area contributed by atoms with Crippen LogP contribution >= 0.6 is 0 Å². The van der Waals surface area contributed by atoms with Crippen LogP contribution in [0.15, 0.2) is 0 Å². The van der Waals surface area contributed by atoms with Crippen LogP contribution in [0.5, 0.6) is 0 Å². The number of hydrogen-bond acceptors (Lipinski definition) is 1. The minimum atomic E-state index is -0.670. The molecule has 0 bridgehead atoms. The van der Waals surface area contributed by atoms with Crippen LogP contribution in [0.25, 0.3) is 5.32 Å². The van der Waals surface area contributed by atoms with Gasteiger partial charge in [-0.1, -0.05) is 60.8 Å². The van der Waals surface area contributed by atoms with Gasteiger partial charge in [-0.2, -0.15) is 0 Å². The average molecular weight is 251 g/mol. The summed E-state index contributed by atoms with van der Waals surface area (Å²) < 4.78 is 0. The molecule has 0 amide bonds. The Morgan fingerprint density at radius 2 is 1.50 bits per heavy atom. The smallest absolute Gasteiger partial charge is 0.658 e. The Morgan fingerprint density at radius 3 is 1.72 bits per heavy atom. The molecule has 0 heterocycles. The second kappa shape index (κ2) is 15.1. The number of nitrogens with zero attached hydrogens (tertiary/aromatic N) is 1. The van der Waals surface area contributed by atoms with Crippen molar-refractivity contribution in [2.24, 2.45) is 5.92 Å². The molecule has 0 aliphatic heterocycles. The van der Waals surface area contributed by atoms with Gasteiger partial charge in [0.1, 0.15) is 0 Å². The first-order valence-corrected chi connectivity index (χ1v) is 6.73. The van der Waals surface area contributed by atoms with Crippen molar-refractivity contribution in [2.75, 3.05) is 0 Å². The number of rotatable bonds is 7. The molecular weight excluding hydrogens is 221 g/mol. The maximum Gasteiger partial charge on any atom is 1.00 e. The molecule has 0 saturated carbocycles. The van der Waals surface area contributed by atoms with Gasteiger partial charge < -0.3 is 10.4 Å². The first-order valence-electron chi connectivity index (χ1n) is 6.73. The van der Waals surface area contributed by atoms with E-state index in [0.717, 1.165) is 25.7 Å². The summed E-state index contributed by atoms with van der Waals surface area (Å²) in [5, 5.41) is 12.8. The van der Waals surface area contributed by atoms with Crippen molar-refractivity contribution in [3.8, 4) is 0 Å². The van der Waals surface area contributed by atoms with E-state index in [4.69, 9.17) is 5.11 Å². The zero-order valence-corrected chi connectivity index (χ0v) is 13.4. The molecular formula is C14H30LiNO2. The molecule has 0 aromatic heterocycles. The topological polar surface area (TPSA) is 51.4 Å². The van der Waals surface area contributed by atoms with Crippen molar-refractivity contribution in [3.63, 3.8) is 0 Å². The summed E-state index contributed by atoms with van der Waals surface area (Å²) >= 11 is 0. The van der Waals surface area contributed by atoms with Crippen LogP contribution in [-0.4, -0.2) is 23.2 Å². The molecule has 104 valence electrons. The van der Waals surface area contributed by atoms with E-state index in [-0.39, 0.29) is 24.8 Å². The van der Waals surface area contributed by atoms with Crippen LogP contribution in [0, 0.1) is 5.92 Å². The molecule has 1 N–H and O–H groups in total. The van der Waals surface area contributed by atoms with Gasteiger partial charge in [-0.15, -0.1) is 12.1 Å². The normalized spacial score (nSPS) is 11.6. The van der Waals surface area contributed by atoms with Crippen molar-refractivity contribution in [3.05, 3.63) is 5.32 Å². The SMILES string of the molecule is CC(C)[N-]C(C)C.CCCCCC(C)C(=O)O.[Li+]. The Balaban J connectivity index is -0.000000251. The van der Waals surface area contributed by atoms with E-state index in [2.05, 4.69) is 39.9 Å². The Kier molecular flexibility index (Phi) is 19.4. The molecule has 4 heteroatoms. The fourth-order valence-corrected chi connectivity index (χ4v) is 1.42. The third-order valence-corrected chi connectivity index (χ3v) is 2.26. The van der Waals surface area contributed by atoms with Crippen LogP contribution < -0.4 is 18.9 Å². The third kappa shape index (κ3) is 21.3. The Morgan fingerprint density at radius 1 is 1.06 bits per heavy atom. The van der Waals surface area contributed by atoms with E-state index >= 15 is 0 Å². The quantitative estimate of drug-likeness (QED) is 0.550.